The molecule has 1 heterocycles. The summed E-state index contributed by atoms with van der Waals surface area (Å²) < 4.78 is 0. The Kier molecular flexibility index (Phi) is 4.20. The highest BCUT2D eigenvalue weighted by Crippen LogP contribution is 2.23. The molecule has 1 aromatic rings. The number of aromatic hydroxyl groups is 1. The maximum absolute atomic E-state index is 12.2. The Labute approximate surface area is 107 Å². The van der Waals surface area contributed by atoms with Crippen molar-refractivity contribution in [1.29, 1.82) is 0 Å². The van der Waals surface area contributed by atoms with Crippen LogP contribution in [0, 0.1) is 0 Å². The van der Waals surface area contributed by atoms with Crippen LogP contribution in [-0.4, -0.2) is 35.0 Å². The van der Waals surface area contributed by atoms with Gasteiger partial charge < -0.3 is 15.7 Å². The van der Waals surface area contributed by atoms with Gasteiger partial charge in [-0.3, -0.25) is 4.79 Å². The quantitative estimate of drug-likeness (QED) is 0.843. The number of amides is 1. The topological polar surface area (TPSA) is 66.6 Å². The van der Waals surface area contributed by atoms with Crippen LogP contribution >= 0.6 is 0 Å². The molecule has 4 nitrogen and oxygen atoms in total. The van der Waals surface area contributed by atoms with E-state index in [9.17, 15) is 9.90 Å². The number of carbonyl (C=O) groups is 1. The molecule has 0 saturated carbocycles. The molecule has 18 heavy (non-hydrogen) atoms. The van der Waals surface area contributed by atoms with Crippen LogP contribution in [0.15, 0.2) is 24.3 Å². The molecule has 0 bridgehead atoms. The molecule has 0 aromatic heterocycles. The maximum atomic E-state index is 12.2. The van der Waals surface area contributed by atoms with Crippen LogP contribution in [0.25, 0.3) is 0 Å². The molecule has 1 fully saturated rings. The largest absolute Gasteiger partial charge is 0.508 e. The Hall–Kier alpha value is -1.55. The molecular weight excluding hydrogens is 228 g/mol. The molecular formula is C14H20N2O2. The lowest BCUT2D eigenvalue weighted by Crippen LogP contribution is -2.37. The van der Waals surface area contributed by atoms with Crippen molar-refractivity contribution in [3.8, 4) is 5.75 Å². The third kappa shape index (κ3) is 2.82. The number of para-hydroxylation sites is 1. The number of nitrogens with two attached hydrogens (primary N) is 1. The molecule has 1 atom stereocenters. The normalized spacial score (nSPS) is 19.2. The third-order valence-corrected chi connectivity index (χ3v) is 3.53. The summed E-state index contributed by atoms with van der Waals surface area (Å²) in [6.45, 7) is 1.43. The fourth-order valence-electron chi connectivity index (χ4n) is 2.58. The molecule has 1 aliphatic rings. The first kappa shape index (κ1) is 12.9. The number of nitrogens with zero attached hydrogens (tertiary/aromatic N) is 1. The minimum atomic E-state index is 0.0902. The van der Waals surface area contributed by atoms with E-state index in [2.05, 4.69) is 0 Å². The van der Waals surface area contributed by atoms with Gasteiger partial charge in [0.25, 0.3) is 0 Å². The summed E-state index contributed by atoms with van der Waals surface area (Å²) in [6, 6.07) is 7.29. The Morgan fingerprint density at radius 2 is 2.22 bits per heavy atom. The van der Waals surface area contributed by atoms with E-state index in [0.29, 0.717) is 12.1 Å². The number of rotatable bonds is 4. The number of carbonyl (C=O) groups excluding carboxylic acids is 1. The fourth-order valence-corrected chi connectivity index (χ4v) is 2.58. The van der Waals surface area contributed by atoms with E-state index in [4.69, 9.17) is 5.73 Å². The second-order valence-electron chi connectivity index (χ2n) is 4.77. The smallest absolute Gasteiger partial charge is 0.227 e. The monoisotopic (exact) mass is 248 g/mol. The summed E-state index contributed by atoms with van der Waals surface area (Å²) >= 11 is 0. The van der Waals surface area contributed by atoms with Gasteiger partial charge in [0.1, 0.15) is 5.75 Å². The molecule has 2 rings (SSSR count). The molecule has 98 valence electrons. The Bertz CT molecular complexity index is 420. The molecule has 1 aromatic carbocycles. The first-order chi connectivity index (χ1) is 8.72. The van der Waals surface area contributed by atoms with Gasteiger partial charge in [0.2, 0.25) is 5.91 Å². The van der Waals surface area contributed by atoms with Crippen molar-refractivity contribution in [3.05, 3.63) is 29.8 Å². The molecule has 0 aliphatic carbocycles. The van der Waals surface area contributed by atoms with Crippen molar-refractivity contribution >= 4 is 5.91 Å². The van der Waals surface area contributed by atoms with Crippen LogP contribution in [-0.2, 0) is 11.2 Å². The Morgan fingerprint density at radius 1 is 1.44 bits per heavy atom. The van der Waals surface area contributed by atoms with Crippen LogP contribution in [0.1, 0.15) is 24.8 Å². The second-order valence-corrected chi connectivity index (χ2v) is 4.77. The van der Waals surface area contributed by atoms with E-state index in [1.54, 1.807) is 18.2 Å². The lowest BCUT2D eigenvalue weighted by Gasteiger charge is -2.24. The summed E-state index contributed by atoms with van der Waals surface area (Å²) in [4.78, 5) is 14.1. The first-order valence-electron chi connectivity index (χ1n) is 6.48. The summed E-state index contributed by atoms with van der Waals surface area (Å²) in [6.07, 6.45) is 3.24. The van der Waals surface area contributed by atoms with Crippen molar-refractivity contribution in [2.75, 3.05) is 13.1 Å². The van der Waals surface area contributed by atoms with Crippen molar-refractivity contribution < 1.29 is 9.90 Å². The second kappa shape index (κ2) is 5.87. The van der Waals surface area contributed by atoms with E-state index in [0.717, 1.165) is 25.8 Å². The molecule has 3 N–H and O–H groups in total. The molecule has 0 radical (unpaired) electrons. The van der Waals surface area contributed by atoms with Gasteiger partial charge in [0, 0.05) is 18.2 Å². The summed E-state index contributed by atoms with van der Waals surface area (Å²) in [5, 5.41) is 9.68. The van der Waals surface area contributed by atoms with Crippen molar-refractivity contribution in [2.45, 2.75) is 31.7 Å². The van der Waals surface area contributed by atoms with E-state index in [1.165, 1.54) is 0 Å². The Morgan fingerprint density at radius 3 is 2.94 bits per heavy atom. The minimum absolute atomic E-state index is 0.0902. The van der Waals surface area contributed by atoms with Crippen LogP contribution in [0.2, 0.25) is 0 Å². The van der Waals surface area contributed by atoms with E-state index >= 15 is 0 Å². The number of hydrogen-bond acceptors (Lipinski definition) is 3. The molecule has 1 unspecified atom stereocenters. The standard InChI is InChI=1S/C14H20N2O2/c15-8-7-12-5-3-9-16(12)14(18)10-11-4-1-2-6-13(11)17/h1-2,4,6,12,17H,3,5,7-10,15H2. The maximum Gasteiger partial charge on any atom is 0.227 e. The van der Waals surface area contributed by atoms with Gasteiger partial charge in [-0.15, -0.1) is 0 Å². The highest BCUT2D eigenvalue weighted by molar-refractivity contribution is 5.80. The zero-order valence-electron chi connectivity index (χ0n) is 10.5. The highest BCUT2D eigenvalue weighted by Gasteiger charge is 2.28. The van der Waals surface area contributed by atoms with Gasteiger partial charge in [0.15, 0.2) is 0 Å². The van der Waals surface area contributed by atoms with Crippen LogP contribution in [0.4, 0.5) is 0 Å². The zero-order valence-corrected chi connectivity index (χ0v) is 10.5. The first-order valence-corrected chi connectivity index (χ1v) is 6.48. The summed E-state index contributed by atoms with van der Waals surface area (Å²) in [5.74, 6) is 0.285. The van der Waals surface area contributed by atoms with Gasteiger partial charge >= 0.3 is 0 Å². The third-order valence-electron chi connectivity index (χ3n) is 3.53. The van der Waals surface area contributed by atoms with Gasteiger partial charge in [-0.25, -0.2) is 0 Å². The summed E-state index contributed by atoms with van der Waals surface area (Å²) in [5.41, 5.74) is 6.26. The van der Waals surface area contributed by atoms with Crippen molar-refractivity contribution in [2.24, 2.45) is 5.73 Å². The molecule has 0 spiro atoms. The summed E-state index contributed by atoms with van der Waals surface area (Å²) in [7, 11) is 0. The van der Waals surface area contributed by atoms with Gasteiger partial charge in [-0.1, -0.05) is 18.2 Å². The van der Waals surface area contributed by atoms with E-state index in [-0.39, 0.29) is 24.1 Å². The molecule has 1 amide bonds. The highest BCUT2D eigenvalue weighted by atomic mass is 16.3. The Balaban J connectivity index is 2.01. The van der Waals surface area contributed by atoms with Crippen molar-refractivity contribution in [3.63, 3.8) is 0 Å². The molecule has 1 aliphatic heterocycles. The lowest BCUT2D eigenvalue weighted by atomic mass is 10.1. The van der Waals surface area contributed by atoms with E-state index < -0.39 is 0 Å². The number of benzene rings is 1. The van der Waals surface area contributed by atoms with Crippen LogP contribution in [0.5, 0.6) is 5.75 Å². The predicted octanol–water partition coefficient (Wildman–Crippen LogP) is 1.27. The van der Waals surface area contributed by atoms with Crippen LogP contribution < -0.4 is 5.73 Å². The lowest BCUT2D eigenvalue weighted by molar-refractivity contribution is -0.131. The number of phenols is 1. The predicted molar refractivity (Wildman–Crippen MR) is 70.2 cm³/mol. The number of phenolic OH excluding ortho intramolecular Hbond substituents is 1. The minimum Gasteiger partial charge on any atom is -0.508 e. The number of likely N-dealkylation sites (tertiary alicyclic amines) is 1. The molecule has 1 saturated heterocycles. The van der Waals surface area contributed by atoms with Gasteiger partial charge in [-0.2, -0.15) is 0 Å². The fraction of sp³-hybridized carbons (Fsp3) is 0.500. The van der Waals surface area contributed by atoms with Gasteiger partial charge in [-0.05, 0) is 31.9 Å². The zero-order chi connectivity index (χ0) is 13.0. The van der Waals surface area contributed by atoms with E-state index in [1.807, 2.05) is 11.0 Å². The average Bonchev–Trinajstić information content (AvgIpc) is 2.81. The van der Waals surface area contributed by atoms with Crippen LogP contribution in [0.3, 0.4) is 0 Å². The molecule has 4 heteroatoms. The average molecular weight is 248 g/mol. The van der Waals surface area contributed by atoms with Gasteiger partial charge in [0.05, 0.1) is 6.42 Å². The number of hydrogen-bond donors (Lipinski definition) is 2. The van der Waals surface area contributed by atoms with Crippen molar-refractivity contribution in [1.82, 2.24) is 4.90 Å². The SMILES string of the molecule is NCCC1CCCN1C(=O)Cc1ccccc1O.